The van der Waals surface area contributed by atoms with E-state index in [-0.39, 0.29) is 5.75 Å². The summed E-state index contributed by atoms with van der Waals surface area (Å²) in [5.74, 6) is -0.353. The van der Waals surface area contributed by atoms with Gasteiger partial charge in [0.25, 0.3) is 0 Å². The van der Waals surface area contributed by atoms with Crippen molar-refractivity contribution in [2.24, 2.45) is 0 Å². The van der Waals surface area contributed by atoms with E-state index in [1.54, 1.807) is 12.5 Å². The summed E-state index contributed by atoms with van der Waals surface area (Å²) in [6.45, 7) is 0.311. The maximum atomic E-state index is 12.1. The molecular weight excluding hydrogens is 373 g/mol. The highest BCUT2D eigenvalue weighted by Crippen LogP contribution is 2.23. The Labute approximate surface area is 158 Å². The Morgan fingerprint density at radius 1 is 1.04 bits per heavy atom. The second-order valence-electron chi connectivity index (χ2n) is 5.95. The van der Waals surface area contributed by atoms with Crippen LogP contribution in [0.5, 0.6) is 5.75 Å². The summed E-state index contributed by atoms with van der Waals surface area (Å²) >= 11 is 0. The summed E-state index contributed by atoms with van der Waals surface area (Å²) < 4.78 is 40.2. The average Bonchev–Trinajstić information content (AvgIpc) is 3.15. The Morgan fingerprint density at radius 2 is 1.71 bits per heavy atom. The van der Waals surface area contributed by atoms with Crippen molar-refractivity contribution in [3.05, 3.63) is 77.9 Å². The molecule has 0 saturated carbocycles. The number of aromatic amines is 1. The molecular formula is C19H17F3N4O2. The van der Waals surface area contributed by atoms with E-state index in [2.05, 4.69) is 25.3 Å². The van der Waals surface area contributed by atoms with Gasteiger partial charge in [-0.25, -0.2) is 9.78 Å². The number of amides is 2. The van der Waals surface area contributed by atoms with E-state index < -0.39 is 12.4 Å². The van der Waals surface area contributed by atoms with Gasteiger partial charge in [0, 0.05) is 30.5 Å². The molecule has 146 valence electrons. The number of benzene rings is 2. The maximum Gasteiger partial charge on any atom is 0.573 e. The number of carbonyl (C=O) groups excluding carboxylic acids is 1. The first-order chi connectivity index (χ1) is 13.4. The fourth-order valence-corrected chi connectivity index (χ4v) is 2.47. The average molecular weight is 390 g/mol. The lowest BCUT2D eigenvalue weighted by atomic mass is 10.1. The lowest BCUT2D eigenvalue weighted by molar-refractivity contribution is -0.274. The number of aromatic nitrogens is 2. The van der Waals surface area contributed by atoms with E-state index in [1.165, 1.54) is 12.1 Å². The molecule has 2 amide bonds. The molecule has 0 aliphatic rings. The second-order valence-corrected chi connectivity index (χ2v) is 5.95. The van der Waals surface area contributed by atoms with Gasteiger partial charge in [0.15, 0.2) is 0 Å². The monoisotopic (exact) mass is 390 g/mol. The molecule has 0 aliphatic carbocycles. The van der Waals surface area contributed by atoms with E-state index in [1.807, 2.05) is 24.3 Å². The number of hydrogen-bond acceptors (Lipinski definition) is 3. The van der Waals surface area contributed by atoms with Gasteiger partial charge in [0.2, 0.25) is 0 Å². The van der Waals surface area contributed by atoms with Crippen LogP contribution >= 0.6 is 0 Å². The van der Waals surface area contributed by atoms with Crippen molar-refractivity contribution < 1.29 is 22.7 Å². The van der Waals surface area contributed by atoms with Crippen molar-refractivity contribution >= 4 is 11.7 Å². The number of nitrogens with one attached hydrogen (secondary N) is 3. The zero-order valence-electron chi connectivity index (χ0n) is 14.6. The predicted octanol–water partition coefficient (Wildman–Crippen LogP) is 4.22. The molecule has 0 saturated heterocycles. The molecule has 0 radical (unpaired) electrons. The third-order valence-electron chi connectivity index (χ3n) is 3.77. The van der Waals surface area contributed by atoms with Gasteiger partial charge in [0.1, 0.15) is 5.75 Å². The maximum absolute atomic E-state index is 12.1. The van der Waals surface area contributed by atoms with Gasteiger partial charge >= 0.3 is 12.4 Å². The number of nitrogens with zero attached hydrogens (tertiary/aromatic N) is 1. The lowest BCUT2D eigenvalue weighted by Crippen LogP contribution is -2.28. The number of imidazole rings is 1. The van der Waals surface area contributed by atoms with E-state index >= 15 is 0 Å². The molecule has 0 unspecified atom stereocenters. The molecule has 6 nitrogen and oxygen atoms in total. The number of ether oxygens (including phenoxy) is 1. The number of halogens is 3. The normalized spacial score (nSPS) is 11.1. The van der Waals surface area contributed by atoms with Crippen LogP contribution in [0.3, 0.4) is 0 Å². The summed E-state index contributed by atoms with van der Waals surface area (Å²) in [6.07, 6.45) is -0.618. The van der Waals surface area contributed by atoms with Crippen LogP contribution in [-0.4, -0.2) is 22.4 Å². The van der Waals surface area contributed by atoms with Crippen LogP contribution in [0.25, 0.3) is 0 Å². The second kappa shape index (κ2) is 8.47. The first-order valence-corrected chi connectivity index (χ1v) is 8.33. The van der Waals surface area contributed by atoms with Gasteiger partial charge in [-0.05, 0) is 35.4 Å². The number of hydrogen-bond donors (Lipinski definition) is 3. The van der Waals surface area contributed by atoms with Crippen molar-refractivity contribution in [2.45, 2.75) is 19.3 Å². The molecule has 3 aromatic rings. The summed E-state index contributed by atoms with van der Waals surface area (Å²) in [5, 5.41) is 5.23. The van der Waals surface area contributed by atoms with E-state index in [0.717, 1.165) is 35.4 Å². The summed E-state index contributed by atoms with van der Waals surface area (Å²) in [5.41, 5.74) is 3.38. The predicted molar refractivity (Wildman–Crippen MR) is 96.8 cm³/mol. The quantitative estimate of drug-likeness (QED) is 0.590. The molecule has 3 N–H and O–H groups in total. The molecule has 0 spiro atoms. The number of rotatable bonds is 6. The van der Waals surface area contributed by atoms with Crippen LogP contribution in [0.2, 0.25) is 0 Å². The smallest absolute Gasteiger partial charge is 0.406 e. The minimum absolute atomic E-state index is 0.311. The van der Waals surface area contributed by atoms with Gasteiger partial charge < -0.3 is 20.4 Å². The lowest BCUT2D eigenvalue weighted by Gasteiger charge is -2.11. The summed E-state index contributed by atoms with van der Waals surface area (Å²) in [7, 11) is 0. The number of carbonyl (C=O) groups is 1. The van der Waals surface area contributed by atoms with Gasteiger partial charge in [0.05, 0.1) is 6.33 Å². The van der Waals surface area contributed by atoms with Crippen LogP contribution in [-0.2, 0) is 13.0 Å². The van der Waals surface area contributed by atoms with Gasteiger partial charge in [-0.3, -0.25) is 0 Å². The molecule has 2 aromatic carbocycles. The molecule has 9 heteroatoms. The SMILES string of the molecule is O=C(NCc1ccc(Cc2cnc[nH]2)cc1)Nc1ccc(OC(F)(F)F)cc1. The Kier molecular flexibility index (Phi) is 5.83. The van der Waals surface area contributed by atoms with Crippen LogP contribution < -0.4 is 15.4 Å². The van der Waals surface area contributed by atoms with E-state index in [9.17, 15) is 18.0 Å². The minimum Gasteiger partial charge on any atom is -0.406 e. The number of H-pyrrole nitrogens is 1. The first kappa shape index (κ1) is 19.3. The first-order valence-electron chi connectivity index (χ1n) is 8.33. The van der Waals surface area contributed by atoms with Crippen molar-refractivity contribution in [2.75, 3.05) is 5.32 Å². The minimum atomic E-state index is -4.75. The van der Waals surface area contributed by atoms with Gasteiger partial charge in [-0.15, -0.1) is 13.2 Å². The summed E-state index contributed by atoms with van der Waals surface area (Å²) in [4.78, 5) is 18.9. The Hall–Kier alpha value is -3.49. The van der Waals surface area contributed by atoms with Gasteiger partial charge in [-0.2, -0.15) is 0 Å². The van der Waals surface area contributed by atoms with Crippen molar-refractivity contribution in [3.8, 4) is 5.75 Å². The molecule has 28 heavy (non-hydrogen) atoms. The highest BCUT2D eigenvalue weighted by atomic mass is 19.4. The standard InChI is InChI=1S/C19H17F3N4O2/c20-19(21,22)28-17-7-5-15(6-8-17)26-18(27)24-10-14-3-1-13(2-4-14)9-16-11-23-12-25-16/h1-8,11-12H,9-10H2,(H,23,25)(H2,24,26,27). The molecule has 3 rings (SSSR count). The van der Waals surface area contributed by atoms with E-state index in [4.69, 9.17) is 0 Å². The molecule has 0 aliphatic heterocycles. The zero-order valence-corrected chi connectivity index (χ0v) is 14.6. The third kappa shape index (κ3) is 6.04. The van der Waals surface area contributed by atoms with Crippen molar-refractivity contribution in [3.63, 3.8) is 0 Å². The fourth-order valence-electron chi connectivity index (χ4n) is 2.47. The van der Waals surface area contributed by atoms with Gasteiger partial charge in [-0.1, -0.05) is 24.3 Å². The molecule has 0 atom stereocenters. The Balaban J connectivity index is 1.46. The molecule has 0 bridgehead atoms. The summed E-state index contributed by atoms with van der Waals surface area (Å²) in [6, 6.07) is 12.2. The Bertz CT molecular complexity index is 892. The van der Waals surface area contributed by atoms with Crippen molar-refractivity contribution in [1.29, 1.82) is 0 Å². The largest absolute Gasteiger partial charge is 0.573 e. The topological polar surface area (TPSA) is 79.0 Å². The zero-order chi connectivity index (χ0) is 20.0. The third-order valence-corrected chi connectivity index (χ3v) is 3.77. The Morgan fingerprint density at radius 3 is 2.32 bits per heavy atom. The number of urea groups is 1. The fraction of sp³-hybridized carbons (Fsp3) is 0.158. The molecule has 1 aromatic heterocycles. The highest BCUT2D eigenvalue weighted by Gasteiger charge is 2.30. The number of alkyl halides is 3. The molecule has 1 heterocycles. The van der Waals surface area contributed by atoms with Crippen LogP contribution in [0.15, 0.2) is 61.1 Å². The van der Waals surface area contributed by atoms with Crippen LogP contribution in [0.1, 0.15) is 16.8 Å². The number of anilines is 1. The van der Waals surface area contributed by atoms with E-state index in [0.29, 0.717) is 12.2 Å². The van der Waals surface area contributed by atoms with Crippen molar-refractivity contribution in [1.82, 2.24) is 15.3 Å². The highest BCUT2D eigenvalue weighted by molar-refractivity contribution is 5.89. The van der Waals surface area contributed by atoms with Crippen LogP contribution in [0, 0.1) is 0 Å². The van der Waals surface area contributed by atoms with Crippen LogP contribution in [0.4, 0.5) is 23.7 Å². The molecule has 0 fully saturated rings.